The van der Waals surface area contributed by atoms with E-state index in [0.29, 0.717) is 19.3 Å². The van der Waals surface area contributed by atoms with Gasteiger partial charge in [0.25, 0.3) is 0 Å². The molecule has 0 aliphatic rings. The number of esters is 3. The summed E-state index contributed by atoms with van der Waals surface area (Å²) in [7, 11) is 0. The Hall–Kier alpha value is -3.41. The lowest BCUT2D eigenvalue weighted by molar-refractivity contribution is -0.167. The summed E-state index contributed by atoms with van der Waals surface area (Å²) in [6.45, 7) is 6.48. The molecule has 6 heteroatoms. The summed E-state index contributed by atoms with van der Waals surface area (Å²) < 4.78 is 16.8. The first-order chi connectivity index (χ1) is 33.0. The molecule has 0 spiro atoms. The van der Waals surface area contributed by atoms with Crippen molar-refractivity contribution in [3.63, 3.8) is 0 Å². The Labute approximate surface area is 414 Å². The lowest BCUT2D eigenvalue weighted by Gasteiger charge is -2.18. The maximum Gasteiger partial charge on any atom is 0.306 e. The third-order valence-corrected chi connectivity index (χ3v) is 11.9. The van der Waals surface area contributed by atoms with Gasteiger partial charge in [-0.15, -0.1) is 0 Å². The van der Waals surface area contributed by atoms with Gasteiger partial charge in [0.15, 0.2) is 6.10 Å². The van der Waals surface area contributed by atoms with Gasteiger partial charge in [-0.3, -0.25) is 14.4 Å². The van der Waals surface area contributed by atoms with Crippen molar-refractivity contribution >= 4 is 17.9 Å². The van der Waals surface area contributed by atoms with E-state index in [0.717, 1.165) is 109 Å². The molecule has 0 saturated carbocycles. The molecule has 67 heavy (non-hydrogen) atoms. The zero-order chi connectivity index (χ0) is 48.6. The van der Waals surface area contributed by atoms with Crippen molar-refractivity contribution in [3.05, 3.63) is 85.1 Å². The number of ether oxygens (including phenoxy) is 3. The summed E-state index contributed by atoms with van der Waals surface area (Å²) in [6, 6.07) is 0. The van der Waals surface area contributed by atoms with Gasteiger partial charge >= 0.3 is 17.9 Å². The molecule has 6 nitrogen and oxygen atoms in total. The molecule has 0 saturated heterocycles. The van der Waals surface area contributed by atoms with Gasteiger partial charge in [0.1, 0.15) is 13.2 Å². The Balaban J connectivity index is 4.46. The van der Waals surface area contributed by atoms with E-state index < -0.39 is 6.10 Å². The molecular weight excluding hydrogens is 829 g/mol. The topological polar surface area (TPSA) is 78.9 Å². The normalized spacial score (nSPS) is 12.7. The van der Waals surface area contributed by atoms with Crippen molar-refractivity contribution in [1.82, 2.24) is 0 Å². The molecule has 0 aliphatic heterocycles. The summed E-state index contributed by atoms with van der Waals surface area (Å²) >= 11 is 0. The van der Waals surface area contributed by atoms with Crippen LogP contribution in [0, 0.1) is 0 Å². The molecule has 384 valence electrons. The molecule has 0 amide bonds. The largest absolute Gasteiger partial charge is 0.462 e. The first-order valence-electron chi connectivity index (χ1n) is 28.1. The van der Waals surface area contributed by atoms with E-state index in [2.05, 4.69) is 106 Å². The number of carbonyl (C=O) groups is 3. The summed E-state index contributed by atoms with van der Waals surface area (Å²) in [5.41, 5.74) is 0. The second-order valence-electron chi connectivity index (χ2n) is 18.5. The lowest BCUT2D eigenvalue weighted by atomic mass is 10.1. The first-order valence-corrected chi connectivity index (χ1v) is 28.1. The lowest BCUT2D eigenvalue weighted by Crippen LogP contribution is -2.30. The van der Waals surface area contributed by atoms with Gasteiger partial charge in [-0.2, -0.15) is 0 Å². The average Bonchev–Trinajstić information content (AvgIpc) is 3.33. The summed E-state index contributed by atoms with van der Waals surface area (Å²) in [5.74, 6) is -0.945. The number of carbonyl (C=O) groups excluding carboxylic acids is 3. The molecule has 1 unspecified atom stereocenters. The van der Waals surface area contributed by atoms with Crippen LogP contribution in [0.3, 0.4) is 0 Å². The van der Waals surface area contributed by atoms with Crippen LogP contribution >= 0.6 is 0 Å². The fourth-order valence-corrected chi connectivity index (χ4v) is 7.63. The maximum absolute atomic E-state index is 12.8. The summed E-state index contributed by atoms with van der Waals surface area (Å²) in [4.78, 5) is 38.1. The van der Waals surface area contributed by atoms with E-state index in [4.69, 9.17) is 14.2 Å². The highest BCUT2D eigenvalue weighted by Crippen LogP contribution is 2.14. The predicted octanol–water partition coefficient (Wildman–Crippen LogP) is 18.8. The van der Waals surface area contributed by atoms with Crippen LogP contribution < -0.4 is 0 Å². The number of rotatable bonds is 50. The second-order valence-corrected chi connectivity index (χ2v) is 18.5. The number of unbranched alkanes of at least 4 members (excludes halogenated alkanes) is 25. The molecule has 0 aromatic heterocycles. The Kier molecular flexibility index (Phi) is 52.4. The SMILES string of the molecule is CC/C=C\C/C=C\C/C=C\C/C=C\C/C=C\CCCCCC(=O)OCC(COC(=O)CCCCC/C=C\CCCCCCCC)OC(=O)CCCCCCCCC/C=C\CCCCCCCC. The molecule has 0 heterocycles. The third-order valence-electron chi connectivity index (χ3n) is 11.9. The van der Waals surface area contributed by atoms with Crippen molar-refractivity contribution in [2.24, 2.45) is 0 Å². The van der Waals surface area contributed by atoms with Gasteiger partial charge < -0.3 is 14.2 Å². The van der Waals surface area contributed by atoms with Crippen molar-refractivity contribution < 1.29 is 28.6 Å². The molecule has 0 aromatic carbocycles. The average molecular weight is 933 g/mol. The van der Waals surface area contributed by atoms with Crippen LogP contribution in [0.1, 0.15) is 265 Å². The minimum atomic E-state index is -0.799. The molecule has 1 atom stereocenters. The minimum Gasteiger partial charge on any atom is -0.462 e. The van der Waals surface area contributed by atoms with Gasteiger partial charge in [-0.1, -0.05) is 215 Å². The molecule has 0 N–H and O–H groups in total. The molecule has 0 rings (SSSR count). The van der Waals surface area contributed by atoms with Crippen LogP contribution in [0.15, 0.2) is 85.1 Å². The zero-order valence-electron chi connectivity index (χ0n) is 43.9. The Morgan fingerprint density at radius 1 is 0.313 bits per heavy atom. The van der Waals surface area contributed by atoms with Crippen LogP contribution in [-0.4, -0.2) is 37.2 Å². The van der Waals surface area contributed by atoms with E-state index in [1.165, 1.54) is 116 Å². The van der Waals surface area contributed by atoms with E-state index in [1.54, 1.807) is 0 Å². The molecule has 0 radical (unpaired) electrons. The van der Waals surface area contributed by atoms with Crippen molar-refractivity contribution in [2.75, 3.05) is 13.2 Å². The number of hydrogen-bond donors (Lipinski definition) is 0. The van der Waals surface area contributed by atoms with Crippen LogP contribution in [0.2, 0.25) is 0 Å². The Morgan fingerprint density at radius 3 is 0.940 bits per heavy atom. The van der Waals surface area contributed by atoms with Gasteiger partial charge in [-0.25, -0.2) is 0 Å². The second kappa shape index (κ2) is 55.2. The standard InChI is InChI=1S/C61H104O6/c1-4-7-10-13-16-19-22-25-27-29-30-32-33-36-39-42-45-48-51-54-60(63)66-57-58(56-65-59(62)53-50-47-44-41-38-35-24-21-18-15-12-9-6-3)67-61(64)55-52-49-46-43-40-37-34-31-28-26-23-20-17-14-11-8-5-2/h7,10,16,19,25-28,30,32,35-36,38-39,58H,4-6,8-9,11-15,17-18,20-24,29,31,33-34,37,40-57H2,1-3H3/b10-7-,19-16-,27-25-,28-26-,32-30-,38-35-,39-36-. The van der Waals surface area contributed by atoms with E-state index >= 15 is 0 Å². The highest BCUT2D eigenvalue weighted by atomic mass is 16.6. The molecular formula is C61H104O6. The monoisotopic (exact) mass is 933 g/mol. The molecule has 0 aliphatic carbocycles. The zero-order valence-corrected chi connectivity index (χ0v) is 43.9. The van der Waals surface area contributed by atoms with Gasteiger partial charge in [0.2, 0.25) is 0 Å². The highest BCUT2D eigenvalue weighted by molar-refractivity contribution is 5.71. The Morgan fingerprint density at radius 2 is 0.582 bits per heavy atom. The molecule has 0 aromatic rings. The van der Waals surface area contributed by atoms with E-state index in [1.807, 2.05) is 0 Å². The molecule has 0 fully saturated rings. The van der Waals surface area contributed by atoms with Crippen LogP contribution in [0.25, 0.3) is 0 Å². The number of allylic oxidation sites excluding steroid dienone is 14. The van der Waals surface area contributed by atoms with E-state index in [9.17, 15) is 14.4 Å². The van der Waals surface area contributed by atoms with Crippen LogP contribution in [-0.2, 0) is 28.6 Å². The minimum absolute atomic E-state index is 0.0967. The van der Waals surface area contributed by atoms with Crippen molar-refractivity contribution in [2.45, 2.75) is 271 Å². The van der Waals surface area contributed by atoms with Gasteiger partial charge in [0.05, 0.1) is 0 Å². The van der Waals surface area contributed by atoms with Crippen molar-refractivity contribution in [1.29, 1.82) is 0 Å². The smallest absolute Gasteiger partial charge is 0.306 e. The van der Waals surface area contributed by atoms with Crippen LogP contribution in [0.4, 0.5) is 0 Å². The van der Waals surface area contributed by atoms with Gasteiger partial charge in [0, 0.05) is 19.3 Å². The van der Waals surface area contributed by atoms with Crippen molar-refractivity contribution in [3.8, 4) is 0 Å². The predicted molar refractivity (Wildman–Crippen MR) is 288 cm³/mol. The summed E-state index contributed by atoms with van der Waals surface area (Å²) in [6.07, 6.45) is 71.4. The molecule has 0 bridgehead atoms. The first kappa shape index (κ1) is 63.6. The quantitative estimate of drug-likeness (QED) is 0.0262. The number of hydrogen-bond acceptors (Lipinski definition) is 6. The Bertz CT molecular complexity index is 1300. The maximum atomic E-state index is 12.8. The fraction of sp³-hybridized carbons (Fsp3) is 0.721. The summed E-state index contributed by atoms with van der Waals surface area (Å²) in [5, 5.41) is 0. The highest BCUT2D eigenvalue weighted by Gasteiger charge is 2.19. The third kappa shape index (κ3) is 53.4. The van der Waals surface area contributed by atoms with Crippen LogP contribution in [0.5, 0.6) is 0 Å². The fourth-order valence-electron chi connectivity index (χ4n) is 7.63. The van der Waals surface area contributed by atoms with E-state index in [-0.39, 0.29) is 31.1 Å². The van der Waals surface area contributed by atoms with Gasteiger partial charge in [-0.05, 0) is 116 Å².